The molecule has 0 radical (unpaired) electrons. The summed E-state index contributed by atoms with van der Waals surface area (Å²) in [6, 6.07) is 15.8. The second kappa shape index (κ2) is 13.2. The van der Waals surface area contributed by atoms with E-state index in [-0.39, 0.29) is 18.3 Å². The smallest absolute Gasteiger partial charge is 0.290 e. The zero-order chi connectivity index (χ0) is 27.8. The predicted octanol–water partition coefficient (Wildman–Crippen LogP) is 4.85. The van der Waals surface area contributed by atoms with Gasteiger partial charge >= 0.3 is 0 Å². The average Bonchev–Trinajstić information content (AvgIpc) is 3.63. The maximum absolute atomic E-state index is 13.2. The minimum absolute atomic E-state index is 0.137. The van der Waals surface area contributed by atoms with Gasteiger partial charge in [-0.25, -0.2) is 0 Å². The van der Waals surface area contributed by atoms with Crippen LogP contribution in [0.3, 0.4) is 0 Å². The molecule has 2 heterocycles. The second-order valence-corrected chi connectivity index (χ2v) is 9.80. The van der Waals surface area contributed by atoms with Gasteiger partial charge in [-0.05, 0) is 69.2 Å². The first-order chi connectivity index (χ1) is 19.0. The van der Waals surface area contributed by atoms with Gasteiger partial charge in [0, 0.05) is 55.4 Å². The van der Waals surface area contributed by atoms with Crippen molar-refractivity contribution in [1.29, 1.82) is 0 Å². The lowest BCUT2D eigenvalue weighted by atomic mass is 10.1. The molecule has 2 amide bonds. The molecular weight excluding hydrogens is 496 g/mol. The molecule has 1 aliphatic heterocycles. The molecule has 2 aromatic carbocycles. The summed E-state index contributed by atoms with van der Waals surface area (Å²) in [5, 5.41) is 10.9. The number of anilines is 2. The molecule has 2 N–H and O–H groups in total. The number of carboxylic acid groups (broad SMARTS) is 1. The number of rotatable bonds is 7. The average molecular weight is 535 g/mol. The van der Waals surface area contributed by atoms with Crippen LogP contribution in [0.4, 0.5) is 11.4 Å². The predicted molar refractivity (Wildman–Crippen MR) is 153 cm³/mol. The van der Waals surface area contributed by atoms with Crippen LogP contribution in [0.5, 0.6) is 5.75 Å². The fraction of sp³-hybridized carbons (Fsp3) is 0.433. The van der Waals surface area contributed by atoms with E-state index < -0.39 is 0 Å². The van der Waals surface area contributed by atoms with Crippen molar-refractivity contribution >= 4 is 40.6 Å². The summed E-state index contributed by atoms with van der Waals surface area (Å²) in [5.74, 6) is 1.26. The van der Waals surface area contributed by atoms with E-state index in [9.17, 15) is 9.59 Å². The Bertz CT molecular complexity index is 1270. The van der Waals surface area contributed by atoms with Gasteiger partial charge in [0.1, 0.15) is 11.4 Å². The van der Waals surface area contributed by atoms with Crippen molar-refractivity contribution in [2.75, 3.05) is 43.0 Å². The topological polar surface area (TPSA) is 104 Å². The number of piperazine rings is 1. The van der Waals surface area contributed by atoms with Gasteiger partial charge in [0.05, 0.1) is 12.1 Å². The molecule has 5 rings (SSSR count). The van der Waals surface area contributed by atoms with Gasteiger partial charge in [0.25, 0.3) is 12.4 Å². The Balaban J connectivity index is 0.00000112. The van der Waals surface area contributed by atoms with Crippen LogP contribution in [-0.4, -0.2) is 65.6 Å². The van der Waals surface area contributed by atoms with E-state index in [0.717, 1.165) is 67.0 Å². The molecular formula is C30H38N4O5. The lowest BCUT2D eigenvalue weighted by Crippen LogP contribution is -2.50. The number of aromatic nitrogens is 1. The zero-order valence-electron chi connectivity index (χ0n) is 22.8. The third-order valence-corrected chi connectivity index (χ3v) is 7.54. The number of carbonyl (C=O) groups is 3. The molecule has 0 unspecified atom stereocenters. The number of nitrogens with zero attached hydrogens (tertiary/aromatic N) is 3. The zero-order valence-corrected chi connectivity index (χ0v) is 22.8. The van der Waals surface area contributed by atoms with Crippen molar-refractivity contribution < 1.29 is 24.2 Å². The molecule has 3 aromatic rings. The maximum Gasteiger partial charge on any atom is 0.290 e. The third-order valence-electron chi connectivity index (χ3n) is 7.54. The number of fused-ring (bicyclic) bond motifs is 1. The Morgan fingerprint density at radius 2 is 1.69 bits per heavy atom. The van der Waals surface area contributed by atoms with Gasteiger partial charge in [0.15, 0.2) is 0 Å². The number of aryl methyl sites for hydroxylation is 1. The number of benzene rings is 2. The van der Waals surface area contributed by atoms with Crippen molar-refractivity contribution in [3.05, 3.63) is 54.2 Å². The monoisotopic (exact) mass is 534 g/mol. The lowest BCUT2D eigenvalue weighted by Gasteiger charge is -2.37. The van der Waals surface area contributed by atoms with Gasteiger partial charge in [-0.2, -0.15) is 0 Å². The minimum Gasteiger partial charge on any atom is -0.493 e. The molecule has 0 bridgehead atoms. The highest BCUT2D eigenvalue weighted by molar-refractivity contribution is 6.07. The molecule has 1 saturated carbocycles. The first-order valence-electron chi connectivity index (χ1n) is 13.8. The van der Waals surface area contributed by atoms with E-state index in [2.05, 4.69) is 10.2 Å². The number of ether oxygens (including phenoxy) is 1. The number of hydrogen-bond donors (Lipinski definition) is 2. The molecule has 0 atom stereocenters. The standard InChI is InChI=1S/C29H36N4O3.CH2O2/c1-3-33-25-10-7-11-27(36-4-2)24(25)20-26(33)28(34)30-22-12-14-23(15-13-22)31-16-18-32(19-17-31)29(35)21-8-5-6-9-21;2-1-3/h7,10-15,20-21H,3-6,8-9,16-19H2,1-2H3,(H,30,34);1H,(H,2,3). The summed E-state index contributed by atoms with van der Waals surface area (Å²) in [4.78, 5) is 38.6. The summed E-state index contributed by atoms with van der Waals surface area (Å²) in [7, 11) is 0. The molecule has 9 heteroatoms. The van der Waals surface area contributed by atoms with E-state index in [1.165, 1.54) is 12.8 Å². The van der Waals surface area contributed by atoms with E-state index in [4.69, 9.17) is 14.6 Å². The highest BCUT2D eigenvalue weighted by atomic mass is 16.5. The highest BCUT2D eigenvalue weighted by Crippen LogP contribution is 2.30. The summed E-state index contributed by atoms with van der Waals surface area (Å²) in [5.41, 5.74) is 3.49. The normalized spacial score (nSPS) is 15.5. The fourth-order valence-corrected chi connectivity index (χ4v) is 5.63. The molecule has 1 aliphatic carbocycles. The van der Waals surface area contributed by atoms with E-state index in [1.54, 1.807) is 0 Å². The third kappa shape index (κ3) is 6.35. The van der Waals surface area contributed by atoms with Crippen LogP contribution in [0.15, 0.2) is 48.5 Å². The lowest BCUT2D eigenvalue weighted by molar-refractivity contribution is -0.135. The first kappa shape index (κ1) is 28.0. The van der Waals surface area contributed by atoms with Crippen LogP contribution < -0.4 is 15.0 Å². The number of amides is 2. The summed E-state index contributed by atoms with van der Waals surface area (Å²) in [6.45, 7) is 8.25. The Hall–Kier alpha value is -4.01. The summed E-state index contributed by atoms with van der Waals surface area (Å²) in [6.07, 6.45) is 4.49. The fourth-order valence-electron chi connectivity index (χ4n) is 5.63. The minimum atomic E-state index is -0.250. The molecule has 9 nitrogen and oxygen atoms in total. The molecule has 2 aliphatic rings. The van der Waals surface area contributed by atoms with Crippen LogP contribution in [0.25, 0.3) is 10.9 Å². The van der Waals surface area contributed by atoms with E-state index in [1.807, 2.05) is 71.8 Å². The molecule has 2 fully saturated rings. The van der Waals surface area contributed by atoms with Crippen molar-refractivity contribution in [2.24, 2.45) is 5.92 Å². The Morgan fingerprint density at radius 1 is 1.03 bits per heavy atom. The van der Waals surface area contributed by atoms with Crippen LogP contribution in [0, 0.1) is 5.92 Å². The Morgan fingerprint density at radius 3 is 2.31 bits per heavy atom. The van der Waals surface area contributed by atoms with Crippen LogP contribution in [0.2, 0.25) is 0 Å². The molecule has 1 aromatic heterocycles. The molecule has 1 saturated heterocycles. The van der Waals surface area contributed by atoms with Gasteiger partial charge in [-0.3, -0.25) is 14.4 Å². The van der Waals surface area contributed by atoms with Crippen molar-refractivity contribution in [3.8, 4) is 5.75 Å². The number of hydrogen-bond acceptors (Lipinski definition) is 5. The molecule has 39 heavy (non-hydrogen) atoms. The SMILES string of the molecule is CCOc1cccc2c1cc(C(=O)Nc1ccc(N3CCN(C(=O)C4CCCC4)CC3)cc1)n2CC.O=CO. The van der Waals surface area contributed by atoms with Crippen LogP contribution in [-0.2, 0) is 16.1 Å². The Labute approximate surface area is 229 Å². The van der Waals surface area contributed by atoms with Gasteiger partial charge in [-0.1, -0.05) is 18.9 Å². The second-order valence-electron chi connectivity index (χ2n) is 9.80. The van der Waals surface area contributed by atoms with Gasteiger partial charge in [0.2, 0.25) is 5.91 Å². The first-order valence-corrected chi connectivity index (χ1v) is 13.8. The quantitative estimate of drug-likeness (QED) is 0.420. The highest BCUT2D eigenvalue weighted by Gasteiger charge is 2.29. The van der Waals surface area contributed by atoms with Crippen LogP contribution in [0.1, 0.15) is 50.0 Å². The van der Waals surface area contributed by atoms with E-state index >= 15 is 0 Å². The summed E-state index contributed by atoms with van der Waals surface area (Å²) < 4.78 is 7.80. The molecule has 0 spiro atoms. The largest absolute Gasteiger partial charge is 0.493 e. The van der Waals surface area contributed by atoms with E-state index in [0.29, 0.717) is 24.8 Å². The molecule has 208 valence electrons. The summed E-state index contributed by atoms with van der Waals surface area (Å²) >= 11 is 0. The number of carbonyl (C=O) groups excluding carboxylic acids is 2. The van der Waals surface area contributed by atoms with Crippen molar-refractivity contribution in [3.63, 3.8) is 0 Å². The Kier molecular flexibility index (Phi) is 9.46. The van der Waals surface area contributed by atoms with Gasteiger partial charge in [-0.15, -0.1) is 0 Å². The van der Waals surface area contributed by atoms with Crippen LogP contribution >= 0.6 is 0 Å². The van der Waals surface area contributed by atoms with Crippen molar-refractivity contribution in [2.45, 2.75) is 46.1 Å². The maximum atomic E-state index is 13.2. The van der Waals surface area contributed by atoms with Crippen molar-refractivity contribution in [1.82, 2.24) is 9.47 Å². The number of nitrogens with one attached hydrogen (secondary N) is 1. The van der Waals surface area contributed by atoms with Gasteiger partial charge < -0.3 is 29.5 Å².